The number of piperazine rings is 1. The molecular formula is C18H35N3. The molecule has 122 valence electrons. The Kier molecular flexibility index (Phi) is 5.96. The number of piperidine rings is 1. The Morgan fingerprint density at radius 1 is 0.952 bits per heavy atom. The van der Waals surface area contributed by atoms with Crippen molar-refractivity contribution >= 4 is 0 Å². The van der Waals surface area contributed by atoms with E-state index in [0.717, 1.165) is 18.0 Å². The number of hydrogen-bond acceptors (Lipinski definition) is 3. The second kappa shape index (κ2) is 7.94. The van der Waals surface area contributed by atoms with Crippen molar-refractivity contribution in [3.63, 3.8) is 0 Å². The molecule has 3 nitrogen and oxygen atoms in total. The molecule has 3 aliphatic rings. The van der Waals surface area contributed by atoms with Crippen molar-refractivity contribution in [2.45, 2.75) is 70.4 Å². The van der Waals surface area contributed by atoms with Gasteiger partial charge in [0, 0.05) is 31.7 Å². The number of hydrogen-bond donors (Lipinski definition) is 1. The summed E-state index contributed by atoms with van der Waals surface area (Å²) in [4.78, 5) is 5.50. The van der Waals surface area contributed by atoms with E-state index in [-0.39, 0.29) is 0 Å². The molecule has 0 aromatic heterocycles. The molecule has 2 heterocycles. The number of nitrogens with one attached hydrogen (secondary N) is 1. The molecule has 0 aromatic rings. The summed E-state index contributed by atoms with van der Waals surface area (Å²) >= 11 is 0. The molecule has 1 saturated carbocycles. The van der Waals surface area contributed by atoms with Gasteiger partial charge in [-0.25, -0.2) is 0 Å². The first-order chi connectivity index (χ1) is 10.4. The number of rotatable bonds is 4. The van der Waals surface area contributed by atoms with Gasteiger partial charge in [0.15, 0.2) is 0 Å². The van der Waals surface area contributed by atoms with E-state index in [1.807, 2.05) is 0 Å². The molecule has 0 radical (unpaired) electrons. The lowest BCUT2D eigenvalue weighted by Crippen LogP contribution is -2.58. The van der Waals surface area contributed by atoms with Crippen molar-refractivity contribution in [1.29, 1.82) is 0 Å². The highest BCUT2D eigenvalue weighted by molar-refractivity contribution is 4.90. The van der Waals surface area contributed by atoms with Crippen LogP contribution in [-0.4, -0.2) is 61.2 Å². The second-order valence-electron chi connectivity index (χ2n) is 7.53. The molecule has 0 bridgehead atoms. The standard InChI is InChI=1S/C18H35N3/c1-2-11-20-12-8-17(9-13-20)21-14-10-19-18(15-21)16-6-4-3-5-7-16/h16-19H,2-15H2,1H3. The van der Waals surface area contributed by atoms with Crippen LogP contribution in [0.5, 0.6) is 0 Å². The molecule has 1 aliphatic carbocycles. The predicted molar refractivity (Wildman–Crippen MR) is 89.7 cm³/mol. The molecule has 0 aromatic carbocycles. The fraction of sp³-hybridized carbons (Fsp3) is 1.00. The molecule has 1 N–H and O–H groups in total. The van der Waals surface area contributed by atoms with Gasteiger partial charge in [0.1, 0.15) is 0 Å². The zero-order valence-electron chi connectivity index (χ0n) is 14.0. The molecule has 21 heavy (non-hydrogen) atoms. The molecule has 1 atom stereocenters. The number of nitrogens with zero attached hydrogens (tertiary/aromatic N) is 2. The second-order valence-corrected chi connectivity index (χ2v) is 7.53. The summed E-state index contributed by atoms with van der Waals surface area (Å²) in [5.41, 5.74) is 0. The van der Waals surface area contributed by atoms with E-state index in [9.17, 15) is 0 Å². The van der Waals surface area contributed by atoms with E-state index >= 15 is 0 Å². The highest BCUT2D eigenvalue weighted by atomic mass is 15.2. The fourth-order valence-electron chi connectivity index (χ4n) is 4.81. The largest absolute Gasteiger partial charge is 0.311 e. The van der Waals surface area contributed by atoms with E-state index in [1.54, 1.807) is 0 Å². The lowest BCUT2D eigenvalue weighted by molar-refractivity contribution is 0.0667. The molecule has 2 aliphatic heterocycles. The molecule has 1 unspecified atom stereocenters. The Hall–Kier alpha value is -0.120. The van der Waals surface area contributed by atoms with Crippen LogP contribution in [0.3, 0.4) is 0 Å². The molecular weight excluding hydrogens is 258 g/mol. The van der Waals surface area contributed by atoms with Gasteiger partial charge in [-0.15, -0.1) is 0 Å². The van der Waals surface area contributed by atoms with Crippen LogP contribution in [0.4, 0.5) is 0 Å². The van der Waals surface area contributed by atoms with Gasteiger partial charge in [-0.1, -0.05) is 26.2 Å². The van der Waals surface area contributed by atoms with Gasteiger partial charge in [0.05, 0.1) is 0 Å². The maximum atomic E-state index is 3.83. The Bertz CT molecular complexity index is 293. The van der Waals surface area contributed by atoms with Crippen LogP contribution in [0.1, 0.15) is 58.3 Å². The quantitative estimate of drug-likeness (QED) is 0.860. The van der Waals surface area contributed by atoms with Crippen molar-refractivity contribution in [3.05, 3.63) is 0 Å². The fourth-order valence-corrected chi connectivity index (χ4v) is 4.81. The Balaban J connectivity index is 1.47. The lowest BCUT2D eigenvalue weighted by Gasteiger charge is -2.45. The lowest BCUT2D eigenvalue weighted by atomic mass is 9.82. The molecule has 3 rings (SSSR count). The first-order valence-corrected chi connectivity index (χ1v) is 9.56. The molecule has 0 spiro atoms. The van der Waals surface area contributed by atoms with Crippen LogP contribution in [0, 0.1) is 5.92 Å². The Morgan fingerprint density at radius 3 is 2.43 bits per heavy atom. The van der Waals surface area contributed by atoms with Gasteiger partial charge < -0.3 is 10.2 Å². The SMILES string of the molecule is CCCN1CCC(N2CCNC(C3CCCCC3)C2)CC1. The van der Waals surface area contributed by atoms with Gasteiger partial charge in [-0.05, 0) is 57.7 Å². The van der Waals surface area contributed by atoms with E-state index in [0.29, 0.717) is 0 Å². The third-order valence-electron chi connectivity index (χ3n) is 6.07. The summed E-state index contributed by atoms with van der Waals surface area (Å²) in [6.07, 6.45) is 11.5. The van der Waals surface area contributed by atoms with Crippen LogP contribution in [0.2, 0.25) is 0 Å². The molecule has 2 saturated heterocycles. The number of likely N-dealkylation sites (tertiary alicyclic amines) is 1. The Morgan fingerprint density at radius 2 is 1.71 bits per heavy atom. The van der Waals surface area contributed by atoms with E-state index in [2.05, 4.69) is 22.0 Å². The van der Waals surface area contributed by atoms with Gasteiger partial charge in [0.25, 0.3) is 0 Å². The third kappa shape index (κ3) is 4.20. The van der Waals surface area contributed by atoms with E-state index in [4.69, 9.17) is 0 Å². The normalized spacial score (nSPS) is 31.6. The van der Waals surface area contributed by atoms with Crippen molar-refractivity contribution in [3.8, 4) is 0 Å². The minimum Gasteiger partial charge on any atom is -0.311 e. The monoisotopic (exact) mass is 293 g/mol. The van der Waals surface area contributed by atoms with Gasteiger partial charge >= 0.3 is 0 Å². The van der Waals surface area contributed by atoms with Crippen molar-refractivity contribution < 1.29 is 0 Å². The average Bonchev–Trinajstić information content (AvgIpc) is 2.57. The van der Waals surface area contributed by atoms with Gasteiger partial charge in [-0.3, -0.25) is 4.90 Å². The summed E-state index contributed by atoms with van der Waals surface area (Å²) in [5.74, 6) is 0.960. The Labute approximate surface area is 131 Å². The maximum absolute atomic E-state index is 3.83. The van der Waals surface area contributed by atoms with Gasteiger partial charge in [-0.2, -0.15) is 0 Å². The third-order valence-corrected chi connectivity index (χ3v) is 6.07. The molecule has 3 heteroatoms. The van der Waals surface area contributed by atoms with Crippen LogP contribution < -0.4 is 5.32 Å². The van der Waals surface area contributed by atoms with Crippen LogP contribution in [-0.2, 0) is 0 Å². The summed E-state index contributed by atoms with van der Waals surface area (Å²) in [7, 11) is 0. The van der Waals surface area contributed by atoms with Crippen LogP contribution >= 0.6 is 0 Å². The highest BCUT2D eigenvalue weighted by Crippen LogP contribution is 2.29. The molecule has 0 amide bonds. The van der Waals surface area contributed by atoms with Crippen molar-refractivity contribution in [2.75, 3.05) is 39.3 Å². The maximum Gasteiger partial charge on any atom is 0.0223 e. The summed E-state index contributed by atoms with van der Waals surface area (Å²) in [5, 5.41) is 3.83. The summed E-state index contributed by atoms with van der Waals surface area (Å²) in [6, 6.07) is 1.65. The minimum atomic E-state index is 0.785. The zero-order chi connectivity index (χ0) is 14.5. The topological polar surface area (TPSA) is 18.5 Å². The van der Waals surface area contributed by atoms with Gasteiger partial charge in [0.2, 0.25) is 0 Å². The summed E-state index contributed by atoms with van der Waals surface area (Å²) < 4.78 is 0. The first-order valence-electron chi connectivity index (χ1n) is 9.56. The van der Waals surface area contributed by atoms with Crippen LogP contribution in [0.25, 0.3) is 0 Å². The highest BCUT2D eigenvalue weighted by Gasteiger charge is 2.32. The average molecular weight is 293 g/mol. The van der Waals surface area contributed by atoms with Crippen LogP contribution in [0.15, 0.2) is 0 Å². The zero-order valence-corrected chi connectivity index (χ0v) is 14.0. The first kappa shape index (κ1) is 15.8. The minimum absolute atomic E-state index is 0.785. The van der Waals surface area contributed by atoms with E-state index in [1.165, 1.54) is 90.6 Å². The predicted octanol–water partition coefficient (Wildman–Crippen LogP) is 2.71. The summed E-state index contributed by atoms with van der Waals surface area (Å²) in [6.45, 7) is 10.1. The van der Waals surface area contributed by atoms with Crippen molar-refractivity contribution in [1.82, 2.24) is 15.1 Å². The van der Waals surface area contributed by atoms with E-state index < -0.39 is 0 Å². The smallest absolute Gasteiger partial charge is 0.0223 e. The van der Waals surface area contributed by atoms with Crippen molar-refractivity contribution in [2.24, 2.45) is 5.92 Å². The molecule has 3 fully saturated rings.